The summed E-state index contributed by atoms with van der Waals surface area (Å²) in [5.41, 5.74) is 14.4. The molecule has 4 N–H and O–H groups in total. The molecule has 84 valence electrons. The van der Waals surface area contributed by atoms with E-state index in [1.54, 1.807) is 0 Å². The predicted molar refractivity (Wildman–Crippen MR) is 69.5 cm³/mol. The molecule has 0 fully saturated rings. The molecule has 2 aromatic rings. The molecule has 3 heteroatoms. The Bertz CT molecular complexity index is 671. The molecule has 0 aromatic heterocycles. The second kappa shape index (κ2) is 3.35. The molecule has 0 atom stereocenters. The molecule has 0 aliphatic heterocycles. The molecule has 2 aromatic carbocycles. The maximum Gasteiger partial charge on any atom is 0.169 e. The molecule has 17 heavy (non-hydrogen) atoms. The van der Waals surface area contributed by atoms with Crippen LogP contribution in [-0.4, -0.2) is 5.78 Å². The van der Waals surface area contributed by atoms with Crippen LogP contribution in [0.15, 0.2) is 36.0 Å². The number of ketones is 1. The lowest BCUT2D eigenvalue weighted by molar-refractivity contribution is 0.0991. The zero-order chi connectivity index (χ0) is 12.0. The van der Waals surface area contributed by atoms with E-state index < -0.39 is 0 Å². The third kappa shape index (κ3) is 1.56. The van der Waals surface area contributed by atoms with E-state index >= 15 is 0 Å². The van der Waals surface area contributed by atoms with E-state index in [0.717, 1.165) is 27.6 Å². The Morgan fingerprint density at radius 3 is 2.65 bits per heavy atom. The lowest BCUT2D eigenvalue weighted by Crippen LogP contribution is -2.12. The number of hydrogen-bond donors (Lipinski definition) is 2. The Morgan fingerprint density at radius 1 is 1.00 bits per heavy atom. The van der Waals surface area contributed by atoms with Crippen molar-refractivity contribution in [3.05, 3.63) is 47.2 Å². The van der Waals surface area contributed by atoms with Gasteiger partial charge in [-0.15, -0.1) is 0 Å². The largest absolute Gasteiger partial charge is 0.402 e. The Morgan fingerprint density at radius 2 is 1.82 bits per heavy atom. The van der Waals surface area contributed by atoms with Crippen molar-refractivity contribution in [3.8, 4) is 0 Å². The van der Waals surface area contributed by atoms with Gasteiger partial charge >= 0.3 is 0 Å². The number of carbonyl (C=O) groups excluding carboxylic acids is 1. The smallest absolute Gasteiger partial charge is 0.169 e. The van der Waals surface area contributed by atoms with Crippen LogP contribution in [0.5, 0.6) is 0 Å². The van der Waals surface area contributed by atoms with Crippen LogP contribution in [0.1, 0.15) is 22.3 Å². The first kappa shape index (κ1) is 9.90. The second-order valence-corrected chi connectivity index (χ2v) is 4.37. The second-order valence-electron chi connectivity index (χ2n) is 4.37. The summed E-state index contributed by atoms with van der Waals surface area (Å²) in [7, 11) is 0. The highest BCUT2D eigenvalue weighted by molar-refractivity contribution is 6.07. The Hall–Kier alpha value is -2.29. The summed E-state index contributed by atoms with van der Waals surface area (Å²) in [5.74, 6) is 0.0822. The average Bonchev–Trinajstić information content (AvgIpc) is 2.26. The van der Waals surface area contributed by atoms with E-state index in [-0.39, 0.29) is 5.78 Å². The first-order valence-electron chi connectivity index (χ1n) is 5.46. The molecule has 1 aliphatic rings. The Balaban J connectivity index is 2.34. The van der Waals surface area contributed by atoms with Gasteiger partial charge in [-0.2, -0.15) is 0 Å². The van der Waals surface area contributed by atoms with Gasteiger partial charge in [0.05, 0.1) is 6.42 Å². The molecule has 3 rings (SSSR count). The maximum absolute atomic E-state index is 11.9. The van der Waals surface area contributed by atoms with Gasteiger partial charge in [-0.05, 0) is 46.7 Å². The number of allylic oxidation sites excluding steroid dienone is 1. The number of nitrogens with two attached hydrogens (primary N) is 2. The quantitative estimate of drug-likeness (QED) is 0.674. The zero-order valence-electron chi connectivity index (χ0n) is 9.23. The normalized spacial score (nSPS) is 14.6. The number of anilines is 1. The van der Waals surface area contributed by atoms with Crippen LogP contribution in [-0.2, 0) is 0 Å². The third-order valence-electron chi connectivity index (χ3n) is 3.04. The van der Waals surface area contributed by atoms with Gasteiger partial charge in [-0.3, -0.25) is 4.79 Å². The van der Waals surface area contributed by atoms with Crippen molar-refractivity contribution in [2.24, 2.45) is 5.73 Å². The fraction of sp³-hybridized carbons (Fsp3) is 0.0714. The van der Waals surface area contributed by atoms with Crippen LogP contribution in [0.4, 0.5) is 5.69 Å². The summed E-state index contributed by atoms with van der Waals surface area (Å²) in [6.07, 6.45) is 2.17. The van der Waals surface area contributed by atoms with Gasteiger partial charge in [-0.1, -0.05) is 6.07 Å². The minimum atomic E-state index is 0.0822. The monoisotopic (exact) mass is 224 g/mol. The number of benzene rings is 2. The molecule has 0 saturated carbocycles. The van der Waals surface area contributed by atoms with Crippen molar-refractivity contribution in [2.75, 3.05) is 5.73 Å². The number of Topliss-reactive ketones (excluding diaryl/α,β-unsaturated/α-hetero) is 1. The predicted octanol–water partition coefficient (Wildman–Crippen LogP) is 2.31. The lowest BCUT2D eigenvalue weighted by Gasteiger charge is -2.14. The molecule has 1 aliphatic carbocycles. The molecule has 0 heterocycles. The van der Waals surface area contributed by atoms with Gasteiger partial charge < -0.3 is 11.5 Å². The summed E-state index contributed by atoms with van der Waals surface area (Å²) in [6.45, 7) is 0. The molecule has 3 nitrogen and oxygen atoms in total. The van der Waals surface area contributed by atoms with E-state index in [1.807, 2.05) is 36.4 Å². The minimum Gasteiger partial charge on any atom is -0.402 e. The Kier molecular flexibility index (Phi) is 1.95. The Labute approximate surface area is 98.7 Å². The van der Waals surface area contributed by atoms with Crippen LogP contribution in [0.2, 0.25) is 0 Å². The molecular weight excluding hydrogens is 212 g/mol. The zero-order valence-corrected chi connectivity index (χ0v) is 9.23. The summed E-state index contributed by atoms with van der Waals surface area (Å²) < 4.78 is 0. The number of hydrogen-bond acceptors (Lipinski definition) is 3. The van der Waals surface area contributed by atoms with Gasteiger partial charge in [0, 0.05) is 16.9 Å². The third-order valence-corrected chi connectivity index (χ3v) is 3.04. The first-order chi connectivity index (χ1) is 8.13. The van der Waals surface area contributed by atoms with Crippen LogP contribution in [0.25, 0.3) is 16.8 Å². The molecule has 0 radical (unpaired) electrons. The van der Waals surface area contributed by atoms with E-state index in [9.17, 15) is 4.79 Å². The molecule has 0 bridgehead atoms. The van der Waals surface area contributed by atoms with Crippen molar-refractivity contribution >= 4 is 28.3 Å². The van der Waals surface area contributed by atoms with Crippen molar-refractivity contribution in [1.82, 2.24) is 0 Å². The summed E-state index contributed by atoms with van der Waals surface area (Å²) >= 11 is 0. The fourth-order valence-electron chi connectivity index (χ4n) is 2.23. The van der Waals surface area contributed by atoms with E-state index in [4.69, 9.17) is 11.5 Å². The highest BCUT2D eigenvalue weighted by Gasteiger charge is 2.17. The van der Waals surface area contributed by atoms with Gasteiger partial charge in [0.1, 0.15) is 0 Å². The van der Waals surface area contributed by atoms with Crippen LogP contribution in [0, 0.1) is 0 Å². The van der Waals surface area contributed by atoms with Gasteiger partial charge in [0.2, 0.25) is 0 Å². The van der Waals surface area contributed by atoms with E-state index in [2.05, 4.69) is 0 Å². The van der Waals surface area contributed by atoms with Crippen LogP contribution >= 0.6 is 0 Å². The van der Waals surface area contributed by atoms with E-state index in [0.29, 0.717) is 12.1 Å². The van der Waals surface area contributed by atoms with Crippen molar-refractivity contribution < 1.29 is 4.79 Å². The number of nitrogen functional groups attached to an aromatic ring is 1. The first-order valence-corrected chi connectivity index (χ1v) is 5.46. The van der Waals surface area contributed by atoms with Crippen molar-refractivity contribution in [2.45, 2.75) is 6.42 Å². The van der Waals surface area contributed by atoms with Gasteiger partial charge in [-0.25, -0.2) is 0 Å². The number of fused-ring (bicyclic) bond motifs is 2. The summed E-state index contributed by atoms with van der Waals surface area (Å²) in [6, 6.07) is 9.55. The summed E-state index contributed by atoms with van der Waals surface area (Å²) in [5, 5.41) is 2.06. The molecule has 0 saturated heterocycles. The topological polar surface area (TPSA) is 69.1 Å². The van der Waals surface area contributed by atoms with Crippen molar-refractivity contribution in [3.63, 3.8) is 0 Å². The van der Waals surface area contributed by atoms with Gasteiger partial charge in [0.25, 0.3) is 0 Å². The lowest BCUT2D eigenvalue weighted by atomic mass is 9.91. The molecular formula is C14H12N2O. The number of carbonyl (C=O) groups is 1. The van der Waals surface area contributed by atoms with Crippen LogP contribution in [0.3, 0.4) is 0 Å². The number of rotatable bonds is 0. The highest BCUT2D eigenvalue weighted by atomic mass is 16.1. The average molecular weight is 224 g/mol. The van der Waals surface area contributed by atoms with Crippen LogP contribution < -0.4 is 11.5 Å². The minimum absolute atomic E-state index is 0.0822. The van der Waals surface area contributed by atoms with E-state index in [1.165, 1.54) is 0 Å². The molecule has 0 unspecified atom stereocenters. The SMILES string of the molecule is NC1=Cc2cc3cc(N)ccc3cc2C(=O)C1. The highest BCUT2D eigenvalue weighted by Crippen LogP contribution is 2.27. The standard InChI is InChI=1S/C14H12N2O/c15-11-2-1-8-6-13-10(3-9(8)4-11)5-12(16)7-14(13)17/h1-6H,7,15-16H2. The van der Waals surface area contributed by atoms with Gasteiger partial charge in [0.15, 0.2) is 5.78 Å². The molecule has 0 amide bonds. The summed E-state index contributed by atoms with van der Waals surface area (Å²) in [4.78, 5) is 11.9. The molecule has 0 spiro atoms. The maximum atomic E-state index is 11.9. The fourth-order valence-corrected chi connectivity index (χ4v) is 2.23. The van der Waals surface area contributed by atoms with Crippen molar-refractivity contribution in [1.29, 1.82) is 0 Å².